The summed E-state index contributed by atoms with van der Waals surface area (Å²) in [5, 5.41) is 0. The van der Waals surface area contributed by atoms with E-state index in [1.54, 1.807) is 0 Å². The van der Waals surface area contributed by atoms with Crippen molar-refractivity contribution in [2.24, 2.45) is 11.7 Å². The van der Waals surface area contributed by atoms with E-state index in [1.165, 1.54) is 12.0 Å². The zero-order valence-corrected chi connectivity index (χ0v) is 13.0. The summed E-state index contributed by atoms with van der Waals surface area (Å²) in [6.45, 7) is 2.45. The summed E-state index contributed by atoms with van der Waals surface area (Å²) in [6, 6.07) is 7.91. The van der Waals surface area contributed by atoms with E-state index in [-0.39, 0.29) is 5.91 Å². The van der Waals surface area contributed by atoms with Gasteiger partial charge in [-0.05, 0) is 61.4 Å². The Labute approximate surface area is 125 Å². The molecule has 1 fully saturated rings. The first-order valence-corrected chi connectivity index (χ1v) is 8.71. The van der Waals surface area contributed by atoms with Crippen LogP contribution in [0, 0.1) is 5.92 Å². The summed E-state index contributed by atoms with van der Waals surface area (Å²) in [5.74, 6) is 1.98. The van der Waals surface area contributed by atoms with E-state index in [0.717, 1.165) is 37.2 Å². The second kappa shape index (κ2) is 7.70. The molecular weight excluding hydrogens is 268 g/mol. The van der Waals surface area contributed by atoms with Crippen molar-refractivity contribution in [2.45, 2.75) is 19.3 Å². The van der Waals surface area contributed by atoms with Gasteiger partial charge in [-0.15, -0.1) is 0 Å². The fourth-order valence-corrected chi connectivity index (χ4v) is 3.53. The average Bonchev–Trinajstić information content (AvgIpc) is 2.48. The molecule has 4 heteroatoms. The number of likely N-dealkylation sites (tertiary alicyclic amines) is 1. The number of thioether (sulfide) groups is 1. The molecule has 1 aromatic carbocycles. The van der Waals surface area contributed by atoms with Crippen LogP contribution in [0.2, 0.25) is 0 Å². The highest BCUT2D eigenvalue weighted by molar-refractivity contribution is 7.98. The molecule has 0 aliphatic carbocycles. The Balaban J connectivity index is 1.99. The Kier molecular flexibility index (Phi) is 5.92. The standard InChI is InChI=1S/C16H24N2OS/c1-20-12-14-3-2-10-18(11-14)16(19)15-6-4-13(5-7-15)8-9-17/h4-7,14H,2-3,8-12,17H2,1H3. The van der Waals surface area contributed by atoms with Crippen LogP contribution in [0.15, 0.2) is 24.3 Å². The van der Waals surface area contributed by atoms with Crippen LogP contribution in [0.3, 0.4) is 0 Å². The van der Waals surface area contributed by atoms with Gasteiger partial charge >= 0.3 is 0 Å². The highest BCUT2D eigenvalue weighted by Gasteiger charge is 2.23. The Bertz CT molecular complexity index is 431. The molecule has 0 bridgehead atoms. The molecule has 2 rings (SSSR count). The van der Waals surface area contributed by atoms with Gasteiger partial charge in [0.15, 0.2) is 0 Å². The van der Waals surface area contributed by atoms with Gasteiger partial charge in [0.1, 0.15) is 0 Å². The smallest absolute Gasteiger partial charge is 0.253 e. The summed E-state index contributed by atoms with van der Waals surface area (Å²) in [4.78, 5) is 14.5. The summed E-state index contributed by atoms with van der Waals surface area (Å²) < 4.78 is 0. The molecule has 1 saturated heterocycles. The van der Waals surface area contributed by atoms with Gasteiger partial charge in [-0.2, -0.15) is 11.8 Å². The topological polar surface area (TPSA) is 46.3 Å². The first kappa shape index (κ1) is 15.4. The fourth-order valence-electron chi connectivity index (χ4n) is 2.78. The molecule has 1 unspecified atom stereocenters. The van der Waals surface area contributed by atoms with Crippen LogP contribution in [0.25, 0.3) is 0 Å². The maximum atomic E-state index is 12.5. The van der Waals surface area contributed by atoms with Crippen molar-refractivity contribution in [3.8, 4) is 0 Å². The molecule has 1 aliphatic rings. The van der Waals surface area contributed by atoms with E-state index in [4.69, 9.17) is 5.73 Å². The monoisotopic (exact) mass is 292 g/mol. The Morgan fingerprint density at radius 3 is 2.80 bits per heavy atom. The van der Waals surface area contributed by atoms with Crippen LogP contribution in [0.4, 0.5) is 0 Å². The summed E-state index contributed by atoms with van der Waals surface area (Å²) in [7, 11) is 0. The minimum atomic E-state index is 0.176. The van der Waals surface area contributed by atoms with E-state index in [2.05, 4.69) is 6.26 Å². The molecule has 0 radical (unpaired) electrons. The van der Waals surface area contributed by atoms with Gasteiger partial charge in [-0.25, -0.2) is 0 Å². The zero-order valence-electron chi connectivity index (χ0n) is 12.2. The largest absolute Gasteiger partial charge is 0.338 e. The van der Waals surface area contributed by atoms with Gasteiger partial charge in [0, 0.05) is 18.7 Å². The molecule has 0 saturated carbocycles. The van der Waals surface area contributed by atoms with Gasteiger partial charge in [-0.1, -0.05) is 12.1 Å². The molecule has 0 spiro atoms. The summed E-state index contributed by atoms with van der Waals surface area (Å²) in [5.41, 5.74) is 7.54. The number of carbonyl (C=O) groups is 1. The lowest BCUT2D eigenvalue weighted by Crippen LogP contribution is -2.40. The van der Waals surface area contributed by atoms with Crippen molar-refractivity contribution in [3.63, 3.8) is 0 Å². The molecule has 20 heavy (non-hydrogen) atoms. The number of hydrogen-bond donors (Lipinski definition) is 1. The lowest BCUT2D eigenvalue weighted by atomic mass is 9.99. The Morgan fingerprint density at radius 2 is 2.15 bits per heavy atom. The third-order valence-electron chi connectivity index (χ3n) is 3.84. The molecule has 1 amide bonds. The van der Waals surface area contributed by atoms with Gasteiger partial charge < -0.3 is 10.6 Å². The van der Waals surface area contributed by atoms with Crippen molar-refractivity contribution >= 4 is 17.7 Å². The van der Waals surface area contributed by atoms with E-state index in [1.807, 2.05) is 40.9 Å². The minimum Gasteiger partial charge on any atom is -0.338 e. The van der Waals surface area contributed by atoms with E-state index in [9.17, 15) is 4.79 Å². The number of nitrogens with two attached hydrogens (primary N) is 1. The number of hydrogen-bond acceptors (Lipinski definition) is 3. The third kappa shape index (κ3) is 4.00. The Hall–Kier alpha value is -1.00. The zero-order chi connectivity index (χ0) is 14.4. The van der Waals surface area contributed by atoms with Gasteiger partial charge in [0.05, 0.1) is 0 Å². The summed E-state index contributed by atoms with van der Waals surface area (Å²) >= 11 is 1.88. The van der Waals surface area contributed by atoms with Crippen molar-refractivity contribution in [3.05, 3.63) is 35.4 Å². The van der Waals surface area contributed by atoms with Crippen LogP contribution < -0.4 is 5.73 Å². The van der Waals surface area contributed by atoms with Gasteiger partial charge in [0.25, 0.3) is 5.91 Å². The van der Waals surface area contributed by atoms with E-state index >= 15 is 0 Å². The van der Waals surface area contributed by atoms with E-state index < -0.39 is 0 Å². The van der Waals surface area contributed by atoms with Crippen molar-refractivity contribution in [1.82, 2.24) is 4.90 Å². The second-order valence-corrected chi connectivity index (χ2v) is 6.36. The fraction of sp³-hybridized carbons (Fsp3) is 0.562. The normalized spacial score (nSPS) is 19.1. The maximum Gasteiger partial charge on any atom is 0.253 e. The molecule has 110 valence electrons. The molecule has 3 nitrogen and oxygen atoms in total. The molecule has 2 N–H and O–H groups in total. The number of piperidine rings is 1. The molecular formula is C16H24N2OS. The predicted octanol–water partition coefficient (Wildman–Crippen LogP) is 2.40. The minimum absolute atomic E-state index is 0.176. The van der Waals surface area contributed by atoms with Crippen molar-refractivity contribution in [1.29, 1.82) is 0 Å². The van der Waals surface area contributed by atoms with Crippen LogP contribution in [0.5, 0.6) is 0 Å². The lowest BCUT2D eigenvalue weighted by molar-refractivity contribution is 0.0685. The number of benzene rings is 1. The summed E-state index contributed by atoms with van der Waals surface area (Å²) in [6.07, 6.45) is 5.38. The van der Waals surface area contributed by atoms with Crippen molar-refractivity contribution < 1.29 is 4.79 Å². The molecule has 1 aromatic rings. The Morgan fingerprint density at radius 1 is 1.40 bits per heavy atom. The SMILES string of the molecule is CSCC1CCCN(C(=O)c2ccc(CCN)cc2)C1. The molecule has 1 heterocycles. The first-order chi connectivity index (χ1) is 9.74. The van der Waals surface area contributed by atoms with Crippen LogP contribution in [-0.2, 0) is 6.42 Å². The lowest BCUT2D eigenvalue weighted by Gasteiger charge is -2.32. The number of nitrogens with zero attached hydrogens (tertiary/aromatic N) is 1. The number of carbonyl (C=O) groups excluding carboxylic acids is 1. The van der Waals surface area contributed by atoms with Gasteiger partial charge in [0.2, 0.25) is 0 Å². The molecule has 1 aliphatic heterocycles. The highest BCUT2D eigenvalue weighted by atomic mass is 32.2. The van der Waals surface area contributed by atoms with E-state index in [0.29, 0.717) is 12.5 Å². The van der Waals surface area contributed by atoms with Crippen molar-refractivity contribution in [2.75, 3.05) is 31.6 Å². The quantitative estimate of drug-likeness (QED) is 0.906. The van der Waals surface area contributed by atoms with Gasteiger partial charge in [-0.3, -0.25) is 4.79 Å². The number of rotatable bonds is 5. The molecule has 1 atom stereocenters. The maximum absolute atomic E-state index is 12.5. The molecule has 0 aromatic heterocycles. The van der Waals surface area contributed by atoms with Crippen LogP contribution >= 0.6 is 11.8 Å². The third-order valence-corrected chi connectivity index (χ3v) is 4.65. The predicted molar refractivity (Wildman–Crippen MR) is 86.2 cm³/mol. The first-order valence-electron chi connectivity index (χ1n) is 7.32. The van der Waals surface area contributed by atoms with Crippen LogP contribution in [-0.4, -0.2) is 42.4 Å². The average molecular weight is 292 g/mol. The highest BCUT2D eigenvalue weighted by Crippen LogP contribution is 2.21. The number of amides is 1. The van der Waals surface area contributed by atoms with Crippen LogP contribution in [0.1, 0.15) is 28.8 Å². The second-order valence-electron chi connectivity index (χ2n) is 5.45.